The predicted molar refractivity (Wildman–Crippen MR) is 94.3 cm³/mol. The minimum atomic E-state index is 0.146. The van der Waals surface area contributed by atoms with Gasteiger partial charge < -0.3 is 14.0 Å². The number of ether oxygens (including phenoxy) is 2. The number of pyridine rings is 1. The van der Waals surface area contributed by atoms with E-state index in [1.54, 1.807) is 6.07 Å². The molecule has 0 spiro atoms. The first kappa shape index (κ1) is 15.0. The fourth-order valence-corrected chi connectivity index (χ4v) is 4.57. The van der Waals surface area contributed by atoms with Gasteiger partial charge >= 0.3 is 0 Å². The summed E-state index contributed by atoms with van der Waals surface area (Å²) in [5.74, 6) is 2.72. The van der Waals surface area contributed by atoms with E-state index in [2.05, 4.69) is 23.1 Å². The van der Waals surface area contributed by atoms with Crippen molar-refractivity contribution in [1.29, 1.82) is 0 Å². The predicted octanol–water partition coefficient (Wildman–Crippen LogP) is 2.24. The van der Waals surface area contributed by atoms with E-state index in [0.29, 0.717) is 25.0 Å². The van der Waals surface area contributed by atoms with Crippen LogP contribution in [0.15, 0.2) is 41.2 Å². The second kappa shape index (κ2) is 5.92. The molecule has 0 saturated carbocycles. The van der Waals surface area contributed by atoms with Crippen molar-refractivity contribution in [2.24, 2.45) is 5.92 Å². The lowest BCUT2D eigenvalue weighted by atomic mass is 9.83. The number of likely N-dealkylation sites (tertiary alicyclic amines) is 1. The van der Waals surface area contributed by atoms with Crippen LogP contribution in [0.4, 0.5) is 0 Å². The van der Waals surface area contributed by atoms with Crippen LogP contribution in [0, 0.1) is 5.92 Å². The van der Waals surface area contributed by atoms with E-state index in [-0.39, 0.29) is 5.56 Å². The smallest absolute Gasteiger partial charge is 0.250 e. The highest BCUT2D eigenvalue weighted by Gasteiger charge is 2.34. The standard InChI is InChI=1S/C20H22N2O3/c23-20-3-1-2-17-16-8-15(12-22(17)20)11-21(13-16)10-14-4-5-18-19(9-14)25-7-6-24-18/h1-5,9,15-16H,6-8,10-13H2/t15-,16-/m0/s1. The normalized spacial score (nSPS) is 24.6. The van der Waals surface area contributed by atoms with Crippen molar-refractivity contribution in [3.8, 4) is 11.5 Å². The van der Waals surface area contributed by atoms with Gasteiger partial charge in [0.25, 0.3) is 5.56 Å². The Balaban J connectivity index is 1.36. The Morgan fingerprint density at radius 2 is 1.88 bits per heavy atom. The van der Waals surface area contributed by atoms with Gasteiger partial charge in [0.15, 0.2) is 11.5 Å². The summed E-state index contributed by atoms with van der Waals surface area (Å²) in [5.41, 5.74) is 2.61. The van der Waals surface area contributed by atoms with Crippen LogP contribution in [0.5, 0.6) is 11.5 Å². The molecule has 4 heterocycles. The molecule has 25 heavy (non-hydrogen) atoms. The molecule has 1 fully saturated rings. The molecule has 0 radical (unpaired) electrons. The van der Waals surface area contributed by atoms with Crippen LogP contribution in [0.25, 0.3) is 0 Å². The molecule has 2 atom stereocenters. The van der Waals surface area contributed by atoms with E-state index < -0.39 is 0 Å². The van der Waals surface area contributed by atoms with Gasteiger partial charge in [-0.2, -0.15) is 0 Å². The van der Waals surface area contributed by atoms with E-state index in [9.17, 15) is 4.79 Å². The van der Waals surface area contributed by atoms with Gasteiger partial charge in [-0.3, -0.25) is 9.69 Å². The fourth-order valence-electron chi connectivity index (χ4n) is 4.57. The molecule has 0 amide bonds. The van der Waals surface area contributed by atoms with Crippen LogP contribution in [-0.2, 0) is 13.1 Å². The first-order valence-corrected chi connectivity index (χ1v) is 9.07. The molecule has 1 saturated heterocycles. The number of hydrogen-bond acceptors (Lipinski definition) is 4. The monoisotopic (exact) mass is 338 g/mol. The van der Waals surface area contributed by atoms with Crippen molar-refractivity contribution in [3.05, 3.63) is 58.0 Å². The maximum atomic E-state index is 12.1. The van der Waals surface area contributed by atoms with Crippen molar-refractivity contribution >= 4 is 0 Å². The molecule has 3 aliphatic rings. The molecule has 130 valence electrons. The number of benzene rings is 1. The summed E-state index contributed by atoms with van der Waals surface area (Å²) >= 11 is 0. The molecule has 0 aliphatic carbocycles. The van der Waals surface area contributed by atoms with E-state index in [4.69, 9.17) is 9.47 Å². The third kappa shape index (κ3) is 2.72. The number of hydrogen-bond donors (Lipinski definition) is 0. The van der Waals surface area contributed by atoms with Crippen LogP contribution in [-0.4, -0.2) is 35.8 Å². The summed E-state index contributed by atoms with van der Waals surface area (Å²) in [5, 5.41) is 0. The molecule has 5 heteroatoms. The molecule has 5 nitrogen and oxygen atoms in total. The minimum absolute atomic E-state index is 0.146. The van der Waals surface area contributed by atoms with E-state index in [1.807, 2.05) is 16.7 Å². The van der Waals surface area contributed by atoms with Crippen molar-refractivity contribution in [2.45, 2.75) is 25.4 Å². The van der Waals surface area contributed by atoms with Crippen LogP contribution in [0.3, 0.4) is 0 Å². The average molecular weight is 338 g/mol. The van der Waals surface area contributed by atoms with E-state index in [1.165, 1.54) is 17.7 Å². The minimum Gasteiger partial charge on any atom is -0.486 e. The largest absolute Gasteiger partial charge is 0.486 e. The maximum absolute atomic E-state index is 12.1. The molecule has 3 aliphatic heterocycles. The van der Waals surface area contributed by atoms with Crippen LogP contribution in [0.2, 0.25) is 0 Å². The molecular weight excluding hydrogens is 316 g/mol. The summed E-state index contributed by atoms with van der Waals surface area (Å²) < 4.78 is 13.3. The molecule has 0 unspecified atom stereocenters. The van der Waals surface area contributed by atoms with Gasteiger partial charge in [0.05, 0.1) is 0 Å². The zero-order valence-electron chi connectivity index (χ0n) is 14.2. The van der Waals surface area contributed by atoms with E-state index in [0.717, 1.165) is 37.7 Å². The number of aromatic nitrogens is 1. The highest BCUT2D eigenvalue weighted by molar-refractivity contribution is 5.43. The second-order valence-electron chi connectivity index (χ2n) is 7.37. The Hall–Kier alpha value is -2.27. The third-order valence-electron chi connectivity index (χ3n) is 5.57. The number of nitrogens with zero attached hydrogens (tertiary/aromatic N) is 2. The third-order valence-corrected chi connectivity index (χ3v) is 5.57. The molecule has 0 N–H and O–H groups in total. The van der Waals surface area contributed by atoms with Crippen molar-refractivity contribution in [2.75, 3.05) is 26.3 Å². The topological polar surface area (TPSA) is 43.7 Å². The zero-order valence-corrected chi connectivity index (χ0v) is 14.2. The summed E-state index contributed by atoms with van der Waals surface area (Å²) in [7, 11) is 0. The van der Waals surface area contributed by atoms with E-state index >= 15 is 0 Å². The van der Waals surface area contributed by atoms with Gasteiger partial charge in [-0.05, 0) is 36.1 Å². The Kier molecular flexibility index (Phi) is 3.55. The van der Waals surface area contributed by atoms with Crippen molar-refractivity contribution in [3.63, 3.8) is 0 Å². The molecule has 5 rings (SSSR count). The van der Waals surface area contributed by atoms with Crippen LogP contribution >= 0.6 is 0 Å². The van der Waals surface area contributed by atoms with Crippen LogP contribution in [0.1, 0.15) is 23.6 Å². The molecule has 2 aromatic rings. The lowest BCUT2D eigenvalue weighted by molar-refractivity contribution is 0.114. The lowest BCUT2D eigenvalue weighted by Gasteiger charge is -2.42. The van der Waals surface area contributed by atoms with Gasteiger partial charge in [0.1, 0.15) is 13.2 Å². The SMILES string of the molecule is O=c1cccc2n1C[C@H]1C[C@H]2CN(Cc2ccc3c(c2)OCCO3)C1. The lowest BCUT2D eigenvalue weighted by Crippen LogP contribution is -2.46. The Morgan fingerprint density at radius 1 is 1.00 bits per heavy atom. The number of rotatable bonds is 2. The summed E-state index contributed by atoms with van der Waals surface area (Å²) in [6.45, 7) is 5.07. The first-order chi connectivity index (χ1) is 12.3. The Labute approximate surface area is 146 Å². The van der Waals surface area contributed by atoms with Crippen molar-refractivity contribution < 1.29 is 9.47 Å². The number of fused-ring (bicyclic) bond motifs is 5. The van der Waals surface area contributed by atoms with Gasteiger partial charge in [0, 0.05) is 43.9 Å². The van der Waals surface area contributed by atoms with Crippen molar-refractivity contribution in [1.82, 2.24) is 9.47 Å². The summed E-state index contributed by atoms with van der Waals surface area (Å²) in [6, 6.07) is 12.0. The van der Waals surface area contributed by atoms with Crippen LogP contribution < -0.4 is 15.0 Å². The zero-order chi connectivity index (χ0) is 16.8. The quantitative estimate of drug-likeness (QED) is 0.842. The van der Waals surface area contributed by atoms with Gasteiger partial charge in [-0.1, -0.05) is 12.1 Å². The second-order valence-corrected chi connectivity index (χ2v) is 7.37. The Bertz CT molecular complexity index is 860. The summed E-state index contributed by atoms with van der Waals surface area (Å²) in [6.07, 6.45) is 1.20. The summed E-state index contributed by atoms with van der Waals surface area (Å²) in [4.78, 5) is 14.6. The molecule has 2 bridgehead atoms. The molecule has 1 aromatic heterocycles. The fraction of sp³-hybridized carbons (Fsp3) is 0.450. The Morgan fingerprint density at radius 3 is 2.80 bits per heavy atom. The van der Waals surface area contributed by atoms with Gasteiger partial charge in [-0.15, -0.1) is 0 Å². The first-order valence-electron chi connectivity index (χ1n) is 9.07. The molecule has 1 aromatic carbocycles. The highest BCUT2D eigenvalue weighted by atomic mass is 16.6. The van der Waals surface area contributed by atoms with Gasteiger partial charge in [0.2, 0.25) is 0 Å². The average Bonchev–Trinajstić information content (AvgIpc) is 2.63. The highest BCUT2D eigenvalue weighted by Crippen LogP contribution is 2.36. The van der Waals surface area contributed by atoms with Gasteiger partial charge in [-0.25, -0.2) is 0 Å². The number of piperidine rings is 1. The molecular formula is C20H22N2O3. The maximum Gasteiger partial charge on any atom is 0.250 e.